The summed E-state index contributed by atoms with van der Waals surface area (Å²) in [5.74, 6) is 8.44. The second kappa shape index (κ2) is 6.54. The van der Waals surface area contributed by atoms with Gasteiger partial charge in [0.1, 0.15) is 17.4 Å². The van der Waals surface area contributed by atoms with Crippen molar-refractivity contribution in [2.45, 2.75) is 40.0 Å². The lowest BCUT2D eigenvalue weighted by molar-refractivity contribution is 0.455. The van der Waals surface area contributed by atoms with E-state index in [9.17, 15) is 0 Å². The van der Waals surface area contributed by atoms with Gasteiger partial charge in [-0.1, -0.05) is 32.9 Å². The van der Waals surface area contributed by atoms with Gasteiger partial charge in [0.05, 0.1) is 0 Å². The Morgan fingerprint density at radius 1 is 1.24 bits per heavy atom. The van der Waals surface area contributed by atoms with Crippen molar-refractivity contribution in [3.63, 3.8) is 0 Å². The van der Waals surface area contributed by atoms with Gasteiger partial charge in [-0.15, -0.1) is 0 Å². The molecule has 0 fully saturated rings. The van der Waals surface area contributed by atoms with Gasteiger partial charge >= 0.3 is 0 Å². The fourth-order valence-electron chi connectivity index (χ4n) is 1.96. The minimum Gasteiger partial charge on any atom is -0.439 e. The maximum absolute atomic E-state index is 5.94. The van der Waals surface area contributed by atoms with Crippen molar-refractivity contribution >= 4 is 5.82 Å². The molecule has 0 radical (unpaired) electrons. The molecule has 5 heteroatoms. The zero-order valence-corrected chi connectivity index (χ0v) is 13.0. The topological polar surface area (TPSA) is 73.1 Å². The van der Waals surface area contributed by atoms with E-state index in [0.717, 1.165) is 17.7 Å². The van der Waals surface area contributed by atoms with E-state index in [4.69, 9.17) is 10.6 Å². The van der Waals surface area contributed by atoms with Crippen molar-refractivity contribution in [2.75, 3.05) is 5.43 Å². The summed E-state index contributed by atoms with van der Waals surface area (Å²) in [6, 6.07) is 7.94. The largest absolute Gasteiger partial charge is 0.439 e. The fourth-order valence-corrected chi connectivity index (χ4v) is 1.96. The lowest BCUT2D eigenvalue weighted by atomic mass is 10.0. The number of hydrogen-bond donors (Lipinski definition) is 2. The molecule has 0 aliphatic rings. The van der Waals surface area contributed by atoms with Crippen LogP contribution in [-0.4, -0.2) is 9.97 Å². The van der Waals surface area contributed by atoms with Crippen molar-refractivity contribution in [2.24, 2.45) is 5.84 Å². The standard InChI is InChI=1S/C16H22N4O/c1-5-14-18-15(20-17)9-16(19-14)21-13-8-12(10(2)3)7-6-11(13)4/h6-10H,5,17H2,1-4H3,(H,18,19,20). The Kier molecular flexibility index (Phi) is 4.75. The van der Waals surface area contributed by atoms with Crippen LogP contribution in [0.2, 0.25) is 0 Å². The van der Waals surface area contributed by atoms with Crippen LogP contribution in [0.4, 0.5) is 5.82 Å². The zero-order chi connectivity index (χ0) is 15.4. The number of anilines is 1. The van der Waals surface area contributed by atoms with Crippen LogP contribution in [0.5, 0.6) is 11.6 Å². The highest BCUT2D eigenvalue weighted by Crippen LogP contribution is 2.28. The van der Waals surface area contributed by atoms with Crippen LogP contribution in [0.3, 0.4) is 0 Å². The molecule has 3 N–H and O–H groups in total. The molecule has 21 heavy (non-hydrogen) atoms. The Balaban J connectivity index is 2.35. The second-order valence-electron chi connectivity index (χ2n) is 5.29. The van der Waals surface area contributed by atoms with E-state index < -0.39 is 0 Å². The van der Waals surface area contributed by atoms with Gasteiger partial charge in [0.15, 0.2) is 0 Å². The third kappa shape index (κ3) is 3.70. The summed E-state index contributed by atoms with van der Waals surface area (Å²) in [6.07, 6.45) is 0.719. The van der Waals surface area contributed by atoms with Crippen molar-refractivity contribution in [3.05, 3.63) is 41.2 Å². The van der Waals surface area contributed by atoms with Crippen molar-refractivity contribution in [1.29, 1.82) is 0 Å². The van der Waals surface area contributed by atoms with Gasteiger partial charge in [-0.2, -0.15) is 4.98 Å². The van der Waals surface area contributed by atoms with Crippen LogP contribution in [0.1, 0.15) is 43.6 Å². The van der Waals surface area contributed by atoms with E-state index in [1.807, 2.05) is 13.8 Å². The summed E-state index contributed by atoms with van der Waals surface area (Å²) in [4.78, 5) is 8.63. The molecule has 0 unspecified atom stereocenters. The molecule has 112 valence electrons. The normalized spacial score (nSPS) is 10.8. The van der Waals surface area contributed by atoms with Crippen LogP contribution in [0.25, 0.3) is 0 Å². The van der Waals surface area contributed by atoms with Gasteiger partial charge in [-0.25, -0.2) is 10.8 Å². The SMILES string of the molecule is CCc1nc(NN)cc(Oc2cc(C(C)C)ccc2C)n1. The minimum atomic E-state index is 0.450. The predicted molar refractivity (Wildman–Crippen MR) is 84.6 cm³/mol. The molecular weight excluding hydrogens is 264 g/mol. The Morgan fingerprint density at radius 3 is 2.62 bits per heavy atom. The molecule has 0 atom stereocenters. The highest BCUT2D eigenvalue weighted by Gasteiger charge is 2.09. The summed E-state index contributed by atoms with van der Waals surface area (Å²) in [7, 11) is 0. The first-order valence-electron chi connectivity index (χ1n) is 7.16. The molecule has 2 aromatic rings. The smallest absolute Gasteiger partial charge is 0.224 e. The van der Waals surface area contributed by atoms with Crippen LogP contribution < -0.4 is 16.0 Å². The highest BCUT2D eigenvalue weighted by molar-refractivity contribution is 5.42. The van der Waals surface area contributed by atoms with Gasteiger partial charge in [0.25, 0.3) is 0 Å². The third-order valence-corrected chi connectivity index (χ3v) is 3.31. The maximum atomic E-state index is 5.94. The van der Waals surface area contributed by atoms with Crippen LogP contribution >= 0.6 is 0 Å². The first kappa shape index (κ1) is 15.3. The van der Waals surface area contributed by atoms with E-state index >= 15 is 0 Å². The molecular formula is C16H22N4O. The molecule has 1 aromatic heterocycles. The van der Waals surface area contributed by atoms with Gasteiger partial charge in [-0.3, -0.25) is 0 Å². The van der Waals surface area contributed by atoms with E-state index in [1.54, 1.807) is 6.07 Å². The van der Waals surface area contributed by atoms with E-state index in [-0.39, 0.29) is 0 Å². The Bertz CT molecular complexity index is 603. The first-order valence-corrected chi connectivity index (χ1v) is 7.16. The fraction of sp³-hybridized carbons (Fsp3) is 0.375. The van der Waals surface area contributed by atoms with E-state index in [0.29, 0.717) is 23.4 Å². The molecule has 0 aliphatic heterocycles. The van der Waals surface area contributed by atoms with Gasteiger partial charge in [0.2, 0.25) is 5.88 Å². The van der Waals surface area contributed by atoms with Crippen molar-refractivity contribution in [1.82, 2.24) is 9.97 Å². The molecule has 0 saturated carbocycles. The molecule has 1 aromatic carbocycles. The Morgan fingerprint density at radius 2 is 2.00 bits per heavy atom. The van der Waals surface area contributed by atoms with Crippen LogP contribution in [0, 0.1) is 6.92 Å². The molecule has 0 amide bonds. The number of benzene rings is 1. The number of nitrogens with zero attached hydrogens (tertiary/aromatic N) is 2. The van der Waals surface area contributed by atoms with Crippen molar-refractivity contribution in [3.8, 4) is 11.6 Å². The minimum absolute atomic E-state index is 0.450. The number of ether oxygens (including phenoxy) is 1. The third-order valence-electron chi connectivity index (χ3n) is 3.31. The molecule has 5 nitrogen and oxygen atoms in total. The summed E-state index contributed by atoms with van der Waals surface area (Å²) in [6.45, 7) is 8.32. The molecule has 0 spiro atoms. The summed E-state index contributed by atoms with van der Waals surface area (Å²) in [5.41, 5.74) is 4.84. The number of nitrogens with one attached hydrogen (secondary N) is 1. The monoisotopic (exact) mass is 286 g/mol. The number of rotatable bonds is 5. The van der Waals surface area contributed by atoms with E-state index in [2.05, 4.69) is 47.4 Å². The van der Waals surface area contributed by atoms with Gasteiger partial charge in [-0.05, 0) is 30.0 Å². The predicted octanol–water partition coefficient (Wildman–Crippen LogP) is 3.55. The average Bonchev–Trinajstić information content (AvgIpc) is 2.48. The molecule has 0 aliphatic carbocycles. The number of aromatic nitrogens is 2. The summed E-state index contributed by atoms with van der Waals surface area (Å²) >= 11 is 0. The van der Waals surface area contributed by atoms with Crippen LogP contribution in [-0.2, 0) is 6.42 Å². The molecule has 2 rings (SSSR count). The summed E-state index contributed by atoms with van der Waals surface area (Å²) < 4.78 is 5.94. The summed E-state index contributed by atoms with van der Waals surface area (Å²) in [5, 5.41) is 0. The van der Waals surface area contributed by atoms with Gasteiger partial charge < -0.3 is 10.2 Å². The van der Waals surface area contributed by atoms with Crippen molar-refractivity contribution < 1.29 is 4.74 Å². The zero-order valence-electron chi connectivity index (χ0n) is 13.0. The van der Waals surface area contributed by atoms with Crippen LogP contribution in [0.15, 0.2) is 24.3 Å². The number of aryl methyl sites for hydroxylation is 2. The second-order valence-corrected chi connectivity index (χ2v) is 5.29. The number of nitrogens with two attached hydrogens (primary N) is 1. The first-order chi connectivity index (χ1) is 10.0. The van der Waals surface area contributed by atoms with Gasteiger partial charge in [0, 0.05) is 12.5 Å². The molecule has 1 heterocycles. The highest BCUT2D eigenvalue weighted by atomic mass is 16.5. The quantitative estimate of drug-likeness (QED) is 0.649. The molecule has 0 saturated heterocycles. The lowest BCUT2D eigenvalue weighted by Crippen LogP contribution is -2.10. The van der Waals surface area contributed by atoms with E-state index in [1.165, 1.54) is 5.56 Å². The number of nitrogen functional groups attached to an aromatic ring is 1. The average molecular weight is 286 g/mol. The molecule has 0 bridgehead atoms. The maximum Gasteiger partial charge on any atom is 0.224 e. The number of hydrogen-bond acceptors (Lipinski definition) is 5. The lowest BCUT2D eigenvalue weighted by Gasteiger charge is -2.13. The Labute approximate surface area is 125 Å². The number of hydrazine groups is 1. The Hall–Kier alpha value is -2.14.